The van der Waals surface area contributed by atoms with Crippen LogP contribution in [0.3, 0.4) is 0 Å². The smallest absolute Gasteiger partial charge is 0.259 e. The zero-order chi connectivity index (χ0) is 14.8. The van der Waals surface area contributed by atoms with E-state index < -0.39 is 5.82 Å². The number of benzene rings is 2. The summed E-state index contributed by atoms with van der Waals surface area (Å²) in [4.78, 5) is 4.11. The fourth-order valence-corrected chi connectivity index (χ4v) is 1.87. The molecule has 0 spiro atoms. The molecule has 0 amide bonds. The van der Waals surface area contributed by atoms with E-state index in [2.05, 4.69) is 10.1 Å². The summed E-state index contributed by atoms with van der Waals surface area (Å²) in [7, 11) is 0. The first kappa shape index (κ1) is 12.9. The molecule has 2 aromatic carbocycles. The first-order chi connectivity index (χ1) is 10.2. The maximum Gasteiger partial charge on any atom is 0.259 e. The predicted molar refractivity (Wildman–Crippen MR) is 69.8 cm³/mol. The minimum Gasteiger partial charge on any atom is -0.334 e. The molecule has 0 radical (unpaired) electrons. The Morgan fingerprint density at radius 3 is 2.52 bits per heavy atom. The Hall–Kier alpha value is -3.07. The van der Waals surface area contributed by atoms with Crippen LogP contribution in [-0.2, 0) is 0 Å². The molecule has 3 rings (SSSR count). The van der Waals surface area contributed by atoms with Gasteiger partial charge >= 0.3 is 0 Å². The lowest BCUT2D eigenvalue weighted by Gasteiger charge is -1.98. The van der Waals surface area contributed by atoms with Gasteiger partial charge < -0.3 is 4.52 Å². The van der Waals surface area contributed by atoms with Crippen LogP contribution >= 0.6 is 0 Å². The van der Waals surface area contributed by atoms with Gasteiger partial charge in [-0.2, -0.15) is 10.2 Å². The van der Waals surface area contributed by atoms with Gasteiger partial charge in [-0.15, -0.1) is 0 Å². The van der Waals surface area contributed by atoms with Crippen molar-refractivity contribution in [3.05, 3.63) is 59.7 Å². The van der Waals surface area contributed by atoms with E-state index in [0.29, 0.717) is 5.56 Å². The topological polar surface area (TPSA) is 62.7 Å². The van der Waals surface area contributed by atoms with Crippen molar-refractivity contribution in [1.29, 1.82) is 5.26 Å². The fourth-order valence-electron chi connectivity index (χ4n) is 1.87. The number of hydrogen-bond acceptors (Lipinski definition) is 4. The molecule has 0 aliphatic carbocycles. The number of halogens is 2. The van der Waals surface area contributed by atoms with Crippen LogP contribution in [0.25, 0.3) is 22.8 Å². The van der Waals surface area contributed by atoms with Gasteiger partial charge in [0.1, 0.15) is 23.3 Å². The summed E-state index contributed by atoms with van der Waals surface area (Å²) in [6.45, 7) is 0. The van der Waals surface area contributed by atoms with E-state index in [1.807, 2.05) is 0 Å². The highest BCUT2D eigenvalue weighted by Gasteiger charge is 2.16. The molecular weight excluding hydrogens is 276 g/mol. The molecule has 0 unspecified atom stereocenters. The van der Waals surface area contributed by atoms with Crippen LogP contribution in [0, 0.1) is 23.0 Å². The van der Waals surface area contributed by atoms with Gasteiger partial charge in [-0.25, -0.2) is 8.78 Å². The number of nitrogens with zero attached hydrogens (tertiary/aromatic N) is 3. The average Bonchev–Trinajstić information content (AvgIpc) is 2.97. The molecule has 1 heterocycles. The maximum atomic E-state index is 13.6. The van der Waals surface area contributed by atoms with Gasteiger partial charge in [0.2, 0.25) is 5.82 Å². The van der Waals surface area contributed by atoms with E-state index in [1.54, 1.807) is 6.07 Å². The van der Waals surface area contributed by atoms with E-state index in [9.17, 15) is 8.78 Å². The molecule has 0 aliphatic heterocycles. The lowest BCUT2D eigenvalue weighted by Crippen LogP contribution is -1.89. The average molecular weight is 283 g/mol. The van der Waals surface area contributed by atoms with E-state index in [-0.39, 0.29) is 28.7 Å². The summed E-state index contributed by atoms with van der Waals surface area (Å²) >= 11 is 0. The van der Waals surface area contributed by atoms with E-state index in [4.69, 9.17) is 9.78 Å². The summed E-state index contributed by atoms with van der Waals surface area (Å²) in [5, 5.41) is 12.8. The van der Waals surface area contributed by atoms with Crippen LogP contribution < -0.4 is 0 Å². The summed E-state index contributed by atoms with van der Waals surface area (Å²) in [6.07, 6.45) is 0. The van der Waals surface area contributed by atoms with Gasteiger partial charge in [-0.3, -0.25) is 0 Å². The monoisotopic (exact) mass is 283 g/mol. The van der Waals surface area contributed by atoms with E-state index in [0.717, 1.165) is 0 Å². The van der Waals surface area contributed by atoms with Gasteiger partial charge in [-0.1, -0.05) is 11.2 Å². The third-order valence-electron chi connectivity index (χ3n) is 2.88. The third-order valence-corrected chi connectivity index (χ3v) is 2.88. The highest BCUT2D eigenvalue weighted by molar-refractivity contribution is 5.65. The van der Waals surface area contributed by atoms with Crippen LogP contribution in [0.15, 0.2) is 47.0 Å². The summed E-state index contributed by atoms with van der Waals surface area (Å²) in [5.74, 6) is -0.764. The van der Waals surface area contributed by atoms with Crippen molar-refractivity contribution in [3.63, 3.8) is 0 Å². The van der Waals surface area contributed by atoms with Gasteiger partial charge in [0.15, 0.2) is 0 Å². The molecular formula is C15H7F2N3O. The zero-order valence-corrected chi connectivity index (χ0v) is 10.5. The predicted octanol–water partition coefficient (Wildman–Crippen LogP) is 3.55. The Morgan fingerprint density at radius 1 is 1.05 bits per heavy atom. The van der Waals surface area contributed by atoms with Crippen molar-refractivity contribution >= 4 is 0 Å². The van der Waals surface area contributed by atoms with Crippen molar-refractivity contribution in [2.24, 2.45) is 0 Å². The van der Waals surface area contributed by atoms with Crippen molar-refractivity contribution in [2.45, 2.75) is 0 Å². The van der Waals surface area contributed by atoms with Crippen LogP contribution in [0.4, 0.5) is 8.78 Å². The first-order valence-corrected chi connectivity index (χ1v) is 5.97. The highest BCUT2D eigenvalue weighted by Crippen LogP contribution is 2.26. The minimum atomic E-state index is -0.656. The van der Waals surface area contributed by atoms with Crippen LogP contribution in [-0.4, -0.2) is 10.1 Å². The van der Waals surface area contributed by atoms with Gasteiger partial charge in [0, 0.05) is 5.56 Å². The first-order valence-electron chi connectivity index (χ1n) is 5.97. The molecule has 0 bridgehead atoms. The Morgan fingerprint density at radius 2 is 1.81 bits per heavy atom. The normalized spacial score (nSPS) is 10.3. The van der Waals surface area contributed by atoms with Crippen molar-refractivity contribution in [3.8, 4) is 28.9 Å². The second kappa shape index (κ2) is 5.13. The number of nitriles is 1. The van der Waals surface area contributed by atoms with Crippen molar-refractivity contribution < 1.29 is 13.3 Å². The lowest BCUT2D eigenvalue weighted by molar-refractivity contribution is 0.432. The minimum absolute atomic E-state index is 0.0328. The molecule has 0 saturated heterocycles. The maximum absolute atomic E-state index is 13.6. The second-order valence-corrected chi connectivity index (χ2v) is 4.20. The third kappa shape index (κ3) is 2.37. The molecule has 0 N–H and O–H groups in total. The van der Waals surface area contributed by atoms with Crippen molar-refractivity contribution in [1.82, 2.24) is 10.1 Å². The van der Waals surface area contributed by atoms with Crippen molar-refractivity contribution in [2.75, 3.05) is 0 Å². The molecule has 3 aromatic rings. The molecule has 0 atom stereocenters. The zero-order valence-electron chi connectivity index (χ0n) is 10.5. The van der Waals surface area contributed by atoms with E-state index in [1.165, 1.54) is 42.5 Å². The summed E-state index contributed by atoms with van der Waals surface area (Å²) in [6, 6.07) is 11.5. The Bertz CT molecular complexity index is 835. The quantitative estimate of drug-likeness (QED) is 0.721. The van der Waals surface area contributed by atoms with Crippen LogP contribution in [0.1, 0.15) is 5.56 Å². The van der Waals surface area contributed by atoms with E-state index >= 15 is 0 Å². The largest absolute Gasteiger partial charge is 0.334 e. The molecule has 1 aromatic heterocycles. The molecule has 0 aliphatic rings. The standard InChI is InChI=1S/C15H7F2N3O/c16-10-6-4-9(5-7-10)14-19-15(21-20-14)11-2-1-3-13(17)12(11)8-18/h1-7H. The van der Waals surface area contributed by atoms with Gasteiger partial charge in [0.25, 0.3) is 5.89 Å². The fraction of sp³-hybridized carbons (Fsp3) is 0. The molecule has 4 nitrogen and oxygen atoms in total. The van der Waals surface area contributed by atoms with Crippen LogP contribution in [0.2, 0.25) is 0 Å². The van der Waals surface area contributed by atoms with Gasteiger partial charge in [0.05, 0.1) is 5.56 Å². The molecule has 102 valence electrons. The Labute approximate surface area is 118 Å². The Balaban J connectivity index is 2.05. The summed E-state index contributed by atoms with van der Waals surface area (Å²) < 4.78 is 31.5. The number of rotatable bonds is 2. The SMILES string of the molecule is N#Cc1c(F)cccc1-c1nc(-c2ccc(F)cc2)no1. The lowest BCUT2D eigenvalue weighted by atomic mass is 10.1. The molecule has 0 fully saturated rings. The highest BCUT2D eigenvalue weighted by atomic mass is 19.1. The Kier molecular flexibility index (Phi) is 3.16. The number of aromatic nitrogens is 2. The van der Waals surface area contributed by atoms with Crippen LogP contribution in [0.5, 0.6) is 0 Å². The second-order valence-electron chi connectivity index (χ2n) is 4.20. The van der Waals surface area contributed by atoms with Gasteiger partial charge in [-0.05, 0) is 36.4 Å². The molecule has 21 heavy (non-hydrogen) atoms. The molecule has 0 saturated carbocycles. The summed E-state index contributed by atoms with van der Waals surface area (Å²) in [5.41, 5.74) is 0.617. The number of hydrogen-bond donors (Lipinski definition) is 0. The molecule has 6 heteroatoms.